The van der Waals surface area contributed by atoms with Gasteiger partial charge in [-0.2, -0.15) is 0 Å². The summed E-state index contributed by atoms with van der Waals surface area (Å²) in [4.78, 5) is 15.5. The van der Waals surface area contributed by atoms with E-state index in [0.717, 1.165) is 15.1 Å². The molecule has 6 heteroatoms. The molecule has 2 aromatic heterocycles. The van der Waals surface area contributed by atoms with Gasteiger partial charge in [0.2, 0.25) is 0 Å². The molecule has 0 aliphatic heterocycles. The number of ether oxygens (including phenoxy) is 1. The molecule has 2 heterocycles. The van der Waals surface area contributed by atoms with Gasteiger partial charge in [0.25, 0.3) is 5.91 Å². The van der Waals surface area contributed by atoms with Crippen LogP contribution in [0.2, 0.25) is 0 Å². The fourth-order valence-electron chi connectivity index (χ4n) is 2.36. The predicted octanol–water partition coefficient (Wildman–Crippen LogP) is 5.34. The van der Waals surface area contributed by atoms with Crippen molar-refractivity contribution in [1.82, 2.24) is 4.90 Å². The van der Waals surface area contributed by atoms with E-state index in [1.165, 1.54) is 0 Å². The minimum atomic E-state index is -0.107. The van der Waals surface area contributed by atoms with Crippen molar-refractivity contribution in [3.63, 3.8) is 0 Å². The molecule has 0 atom stereocenters. The van der Waals surface area contributed by atoms with Crippen LogP contribution in [-0.2, 0) is 13.2 Å². The number of carbonyl (C=O) groups excluding carboxylic acids is 1. The molecular formula is C19H18BrNO3S. The Morgan fingerprint density at radius 3 is 2.84 bits per heavy atom. The van der Waals surface area contributed by atoms with Crippen molar-refractivity contribution < 1.29 is 13.9 Å². The second kappa shape index (κ2) is 8.36. The molecule has 3 rings (SSSR count). The normalized spacial score (nSPS) is 10.6. The number of hydrogen-bond acceptors (Lipinski definition) is 4. The molecule has 1 amide bonds. The number of thiophene rings is 1. The third-order valence-electron chi connectivity index (χ3n) is 3.65. The van der Waals surface area contributed by atoms with Gasteiger partial charge in [0, 0.05) is 15.9 Å². The van der Waals surface area contributed by atoms with Gasteiger partial charge in [-0.25, -0.2) is 0 Å². The lowest BCUT2D eigenvalue weighted by Crippen LogP contribution is -2.29. The molecule has 0 aliphatic carbocycles. The molecule has 0 N–H and O–H groups in total. The maximum absolute atomic E-state index is 12.6. The van der Waals surface area contributed by atoms with E-state index >= 15 is 0 Å². The number of nitrogens with zero attached hydrogens (tertiary/aromatic N) is 1. The molecule has 130 valence electrons. The van der Waals surface area contributed by atoms with Gasteiger partial charge in [0.05, 0.1) is 6.54 Å². The largest absolute Gasteiger partial charge is 0.486 e. The predicted molar refractivity (Wildman–Crippen MR) is 102 cm³/mol. The fraction of sp³-hybridized carbons (Fsp3) is 0.211. The summed E-state index contributed by atoms with van der Waals surface area (Å²) in [6, 6.07) is 15.1. The highest BCUT2D eigenvalue weighted by Gasteiger charge is 2.18. The Hall–Kier alpha value is -2.05. The lowest BCUT2D eigenvalue weighted by atomic mass is 10.3. The quantitative estimate of drug-likeness (QED) is 0.518. The van der Waals surface area contributed by atoms with Crippen LogP contribution in [-0.4, -0.2) is 17.4 Å². The van der Waals surface area contributed by atoms with E-state index in [4.69, 9.17) is 9.15 Å². The molecule has 0 aliphatic rings. The summed E-state index contributed by atoms with van der Waals surface area (Å²) in [5.74, 6) is 1.60. The zero-order chi connectivity index (χ0) is 17.6. The standard InChI is InChI=1S/C19H18BrNO3S/c1-2-21(12-17-7-4-10-25-17)19(22)18-9-8-16(24-18)13-23-15-6-3-5-14(20)11-15/h3-11H,2,12-13H2,1H3. The van der Waals surface area contributed by atoms with E-state index in [2.05, 4.69) is 15.9 Å². The molecule has 3 aromatic rings. The number of rotatable bonds is 7. The second-order valence-corrected chi connectivity index (χ2v) is 7.36. The highest BCUT2D eigenvalue weighted by Crippen LogP contribution is 2.20. The van der Waals surface area contributed by atoms with Gasteiger partial charge >= 0.3 is 0 Å². The smallest absolute Gasteiger partial charge is 0.289 e. The summed E-state index contributed by atoms with van der Waals surface area (Å²) in [6.45, 7) is 3.46. The highest BCUT2D eigenvalue weighted by molar-refractivity contribution is 9.10. The van der Waals surface area contributed by atoms with E-state index in [1.54, 1.807) is 28.4 Å². The summed E-state index contributed by atoms with van der Waals surface area (Å²) in [7, 11) is 0. The molecular weight excluding hydrogens is 402 g/mol. The van der Waals surface area contributed by atoms with Crippen LogP contribution in [0.1, 0.15) is 28.1 Å². The van der Waals surface area contributed by atoms with E-state index in [0.29, 0.717) is 24.6 Å². The molecule has 0 bridgehead atoms. The van der Waals surface area contributed by atoms with Crippen molar-refractivity contribution >= 4 is 33.2 Å². The number of benzene rings is 1. The first-order valence-corrected chi connectivity index (χ1v) is 9.61. The minimum Gasteiger partial charge on any atom is -0.486 e. The van der Waals surface area contributed by atoms with Crippen LogP contribution in [0.15, 0.2) is 62.8 Å². The Morgan fingerprint density at radius 1 is 1.24 bits per heavy atom. The summed E-state index contributed by atoms with van der Waals surface area (Å²) in [6.07, 6.45) is 0. The third-order valence-corrected chi connectivity index (χ3v) is 5.00. The minimum absolute atomic E-state index is 0.107. The van der Waals surface area contributed by atoms with Gasteiger partial charge in [-0.1, -0.05) is 28.1 Å². The maximum Gasteiger partial charge on any atom is 0.289 e. The van der Waals surface area contributed by atoms with Crippen molar-refractivity contribution in [3.8, 4) is 5.75 Å². The van der Waals surface area contributed by atoms with E-state index in [-0.39, 0.29) is 12.5 Å². The maximum atomic E-state index is 12.6. The Morgan fingerprint density at radius 2 is 2.12 bits per heavy atom. The summed E-state index contributed by atoms with van der Waals surface area (Å²) < 4.78 is 12.3. The highest BCUT2D eigenvalue weighted by atomic mass is 79.9. The molecule has 0 spiro atoms. The molecule has 0 saturated carbocycles. The molecule has 0 fully saturated rings. The van der Waals surface area contributed by atoms with Crippen LogP contribution in [0.4, 0.5) is 0 Å². The van der Waals surface area contributed by atoms with Gasteiger partial charge in [-0.3, -0.25) is 4.79 Å². The van der Waals surface area contributed by atoms with Crippen LogP contribution in [0.5, 0.6) is 5.75 Å². The SMILES string of the molecule is CCN(Cc1cccs1)C(=O)c1ccc(COc2cccc(Br)c2)o1. The summed E-state index contributed by atoms with van der Waals surface area (Å²) in [5.41, 5.74) is 0. The first kappa shape index (κ1) is 17.8. The van der Waals surface area contributed by atoms with Gasteiger partial charge < -0.3 is 14.1 Å². The van der Waals surface area contributed by atoms with Crippen molar-refractivity contribution in [3.05, 3.63) is 74.8 Å². The first-order valence-electron chi connectivity index (χ1n) is 7.94. The van der Waals surface area contributed by atoms with Crippen molar-refractivity contribution in [2.24, 2.45) is 0 Å². The number of halogens is 1. The van der Waals surface area contributed by atoms with Crippen LogP contribution < -0.4 is 4.74 Å². The fourth-order valence-corrected chi connectivity index (χ4v) is 3.45. The van der Waals surface area contributed by atoms with Gasteiger partial charge in [-0.15, -0.1) is 11.3 Å². The van der Waals surface area contributed by atoms with Gasteiger partial charge in [0.15, 0.2) is 5.76 Å². The molecule has 1 aromatic carbocycles. The molecule has 0 unspecified atom stereocenters. The van der Waals surface area contributed by atoms with Crippen LogP contribution in [0.25, 0.3) is 0 Å². The average Bonchev–Trinajstić information content (AvgIpc) is 3.29. The number of furan rings is 1. The molecule has 0 radical (unpaired) electrons. The van der Waals surface area contributed by atoms with Crippen LogP contribution in [0.3, 0.4) is 0 Å². The zero-order valence-electron chi connectivity index (χ0n) is 13.8. The van der Waals surface area contributed by atoms with Crippen molar-refractivity contribution in [1.29, 1.82) is 0 Å². The summed E-state index contributed by atoms with van der Waals surface area (Å²) in [5, 5.41) is 2.01. The molecule has 25 heavy (non-hydrogen) atoms. The Kier molecular flexibility index (Phi) is 5.94. The van der Waals surface area contributed by atoms with Crippen molar-refractivity contribution in [2.45, 2.75) is 20.1 Å². The lowest BCUT2D eigenvalue weighted by Gasteiger charge is -2.18. The number of amides is 1. The van der Waals surface area contributed by atoms with E-state index in [1.807, 2.05) is 48.7 Å². The summed E-state index contributed by atoms with van der Waals surface area (Å²) >= 11 is 5.05. The molecule has 0 saturated heterocycles. The van der Waals surface area contributed by atoms with E-state index < -0.39 is 0 Å². The topological polar surface area (TPSA) is 42.7 Å². The first-order chi connectivity index (χ1) is 12.2. The van der Waals surface area contributed by atoms with Crippen molar-refractivity contribution in [2.75, 3.05) is 6.54 Å². The van der Waals surface area contributed by atoms with E-state index in [9.17, 15) is 4.79 Å². The lowest BCUT2D eigenvalue weighted by molar-refractivity contribution is 0.0718. The van der Waals surface area contributed by atoms with Gasteiger partial charge in [-0.05, 0) is 48.7 Å². The Labute approximate surface area is 159 Å². The number of carbonyl (C=O) groups is 1. The van der Waals surface area contributed by atoms with Crippen LogP contribution in [0, 0.1) is 0 Å². The zero-order valence-corrected chi connectivity index (χ0v) is 16.2. The average molecular weight is 420 g/mol. The Balaban J connectivity index is 1.62. The monoisotopic (exact) mass is 419 g/mol. The molecule has 4 nitrogen and oxygen atoms in total. The second-order valence-electron chi connectivity index (χ2n) is 5.41. The third kappa shape index (κ3) is 4.74. The van der Waals surface area contributed by atoms with Gasteiger partial charge in [0.1, 0.15) is 18.1 Å². The number of hydrogen-bond donors (Lipinski definition) is 0. The Bertz CT molecular complexity index is 829. The van der Waals surface area contributed by atoms with Crippen LogP contribution >= 0.6 is 27.3 Å².